The van der Waals surface area contributed by atoms with E-state index in [9.17, 15) is 9.59 Å². The van der Waals surface area contributed by atoms with Crippen LogP contribution in [-0.4, -0.2) is 24.0 Å². The van der Waals surface area contributed by atoms with Gasteiger partial charge in [0, 0.05) is 27.3 Å². The third kappa shape index (κ3) is 3.71. The highest BCUT2D eigenvalue weighted by molar-refractivity contribution is 6.36. The van der Waals surface area contributed by atoms with Crippen molar-refractivity contribution < 1.29 is 14.3 Å². The van der Waals surface area contributed by atoms with Crippen LogP contribution in [0.1, 0.15) is 25.0 Å². The van der Waals surface area contributed by atoms with Crippen molar-refractivity contribution in [1.29, 1.82) is 0 Å². The number of amides is 1. The number of carbonyl (C=O) groups excluding carboxylic acids is 2. The van der Waals surface area contributed by atoms with Crippen LogP contribution in [0.3, 0.4) is 0 Å². The van der Waals surface area contributed by atoms with Crippen LogP contribution in [-0.2, 0) is 27.2 Å². The maximum atomic E-state index is 12.8. The van der Waals surface area contributed by atoms with E-state index in [2.05, 4.69) is 0 Å². The summed E-state index contributed by atoms with van der Waals surface area (Å²) in [7, 11) is 0. The van der Waals surface area contributed by atoms with Crippen LogP contribution in [0.4, 0.5) is 5.69 Å². The van der Waals surface area contributed by atoms with Crippen molar-refractivity contribution in [2.75, 3.05) is 4.90 Å². The monoisotopic (exact) mass is 391 g/mol. The Labute approximate surface area is 162 Å². The standard InChI is InChI=1S/C20H19Cl2NO3/c1-12-10-14-6-3-4-9-18(14)23(12)20(25)13(2)26-19(24)11-15-16(21)7-5-8-17(15)22/h3-9,12-13H,10-11H2,1-2H3/t12-,13-/m1/s1. The maximum Gasteiger partial charge on any atom is 0.311 e. The van der Waals surface area contributed by atoms with E-state index in [1.54, 1.807) is 30.0 Å². The lowest BCUT2D eigenvalue weighted by atomic mass is 10.1. The van der Waals surface area contributed by atoms with Crippen LogP contribution in [0.2, 0.25) is 10.0 Å². The topological polar surface area (TPSA) is 46.6 Å². The highest BCUT2D eigenvalue weighted by Gasteiger charge is 2.34. The highest BCUT2D eigenvalue weighted by atomic mass is 35.5. The first-order valence-corrected chi connectivity index (χ1v) is 9.17. The average molecular weight is 392 g/mol. The number of ether oxygens (including phenoxy) is 1. The molecule has 0 saturated heterocycles. The largest absolute Gasteiger partial charge is 0.452 e. The van der Waals surface area contributed by atoms with Gasteiger partial charge in [-0.1, -0.05) is 47.5 Å². The van der Waals surface area contributed by atoms with Gasteiger partial charge in [-0.2, -0.15) is 0 Å². The molecule has 2 atom stereocenters. The van der Waals surface area contributed by atoms with Gasteiger partial charge in [-0.15, -0.1) is 0 Å². The Morgan fingerprint density at radius 2 is 1.81 bits per heavy atom. The van der Waals surface area contributed by atoms with Crippen LogP contribution in [0, 0.1) is 0 Å². The second kappa shape index (κ2) is 7.68. The number of anilines is 1. The van der Waals surface area contributed by atoms with Gasteiger partial charge in [-0.05, 0) is 44.0 Å². The van der Waals surface area contributed by atoms with Gasteiger partial charge in [-0.25, -0.2) is 0 Å². The van der Waals surface area contributed by atoms with E-state index in [-0.39, 0.29) is 18.4 Å². The molecule has 136 valence electrons. The van der Waals surface area contributed by atoms with Crippen molar-refractivity contribution in [3.05, 3.63) is 63.6 Å². The number of para-hydroxylation sites is 1. The SMILES string of the molecule is C[C@@H]1Cc2ccccc2N1C(=O)[C@@H](C)OC(=O)Cc1c(Cl)cccc1Cl. The summed E-state index contributed by atoms with van der Waals surface area (Å²) in [5, 5.41) is 0.797. The number of hydrogen-bond acceptors (Lipinski definition) is 3. The number of halogens is 2. The molecular weight excluding hydrogens is 373 g/mol. The lowest BCUT2D eigenvalue weighted by molar-refractivity contribution is -0.153. The molecule has 1 aliphatic heterocycles. The summed E-state index contributed by atoms with van der Waals surface area (Å²) in [5.74, 6) is -0.776. The Morgan fingerprint density at radius 1 is 1.15 bits per heavy atom. The van der Waals surface area contributed by atoms with Crippen LogP contribution in [0.25, 0.3) is 0 Å². The zero-order valence-corrected chi connectivity index (χ0v) is 16.1. The van der Waals surface area contributed by atoms with Gasteiger partial charge in [-0.3, -0.25) is 9.59 Å². The Hall–Kier alpha value is -2.04. The summed E-state index contributed by atoms with van der Waals surface area (Å²) >= 11 is 12.2. The second-order valence-corrected chi connectivity index (χ2v) is 7.21. The highest BCUT2D eigenvalue weighted by Crippen LogP contribution is 2.32. The van der Waals surface area contributed by atoms with Crippen LogP contribution in [0.5, 0.6) is 0 Å². The number of nitrogens with zero attached hydrogens (tertiary/aromatic N) is 1. The Kier molecular flexibility index (Phi) is 5.54. The van der Waals surface area contributed by atoms with Crippen molar-refractivity contribution in [2.45, 2.75) is 38.8 Å². The number of hydrogen-bond donors (Lipinski definition) is 0. The molecule has 1 heterocycles. The van der Waals surface area contributed by atoms with E-state index in [1.165, 1.54) is 0 Å². The molecule has 3 rings (SSSR count). The van der Waals surface area contributed by atoms with Gasteiger partial charge in [0.25, 0.3) is 5.91 Å². The minimum Gasteiger partial charge on any atom is -0.452 e. The van der Waals surface area contributed by atoms with Crippen molar-refractivity contribution in [2.24, 2.45) is 0 Å². The molecule has 1 amide bonds. The summed E-state index contributed by atoms with van der Waals surface area (Å²) in [6.45, 7) is 3.57. The predicted octanol–water partition coefficient (Wildman–Crippen LogP) is 4.45. The molecule has 0 N–H and O–H groups in total. The third-order valence-electron chi connectivity index (χ3n) is 4.48. The third-order valence-corrected chi connectivity index (χ3v) is 5.19. The van der Waals surface area contributed by atoms with Crippen molar-refractivity contribution in [3.8, 4) is 0 Å². The zero-order chi connectivity index (χ0) is 18.8. The molecule has 1 aliphatic rings. The van der Waals surface area contributed by atoms with E-state index in [4.69, 9.17) is 27.9 Å². The minimum atomic E-state index is -0.891. The summed E-state index contributed by atoms with van der Waals surface area (Å²) in [6.07, 6.45) is -0.183. The smallest absolute Gasteiger partial charge is 0.311 e. The molecule has 2 aromatic rings. The summed E-state index contributed by atoms with van der Waals surface area (Å²) in [6, 6.07) is 12.8. The Morgan fingerprint density at radius 3 is 2.50 bits per heavy atom. The maximum absolute atomic E-state index is 12.8. The first-order chi connectivity index (χ1) is 12.4. The molecule has 0 saturated carbocycles. The molecule has 0 unspecified atom stereocenters. The number of carbonyl (C=O) groups is 2. The lowest BCUT2D eigenvalue weighted by Crippen LogP contribution is -2.43. The van der Waals surface area contributed by atoms with E-state index in [0.29, 0.717) is 15.6 Å². The van der Waals surface area contributed by atoms with E-state index in [0.717, 1.165) is 17.7 Å². The van der Waals surface area contributed by atoms with Gasteiger partial charge in [0.2, 0.25) is 0 Å². The number of benzene rings is 2. The van der Waals surface area contributed by atoms with E-state index in [1.807, 2.05) is 31.2 Å². The molecule has 26 heavy (non-hydrogen) atoms. The molecule has 0 aromatic heterocycles. The first kappa shape index (κ1) is 18.7. The fourth-order valence-electron chi connectivity index (χ4n) is 3.23. The second-order valence-electron chi connectivity index (χ2n) is 6.40. The van der Waals surface area contributed by atoms with Gasteiger partial charge in [0.15, 0.2) is 6.10 Å². The fourth-order valence-corrected chi connectivity index (χ4v) is 3.76. The molecule has 0 fully saturated rings. The van der Waals surface area contributed by atoms with E-state index < -0.39 is 12.1 Å². The lowest BCUT2D eigenvalue weighted by Gasteiger charge is -2.26. The van der Waals surface area contributed by atoms with Crippen LogP contribution < -0.4 is 4.90 Å². The predicted molar refractivity (Wildman–Crippen MR) is 103 cm³/mol. The Balaban J connectivity index is 1.69. The van der Waals surface area contributed by atoms with Gasteiger partial charge in [0.1, 0.15) is 0 Å². The quantitative estimate of drug-likeness (QED) is 0.723. The normalized spacial score (nSPS) is 16.9. The van der Waals surface area contributed by atoms with Crippen LogP contribution >= 0.6 is 23.2 Å². The van der Waals surface area contributed by atoms with Gasteiger partial charge in [0.05, 0.1) is 6.42 Å². The van der Waals surface area contributed by atoms with Gasteiger partial charge >= 0.3 is 5.97 Å². The summed E-state index contributed by atoms with van der Waals surface area (Å²) in [5.41, 5.74) is 2.50. The first-order valence-electron chi connectivity index (χ1n) is 8.42. The molecule has 0 spiro atoms. The minimum absolute atomic E-state index is 0.0269. The molecule has 6 heteroatoms. The summed E-state index contributed by atoms with van der Waals surface area (Å²) in [4.78, 5) is 26.8. The fraction of sp³-hybridized carbons (Fsp3) is 0.300. The van der Waals surface area contributed by atoms with E-state index >= 15 is 0 Å². The average Bonchev–Trinajstić information content (AvgIpc) is 2.93. The van der Waals surface area contributed by atoms with Crippen molar-refractivity contribution in [1.82, 2.24) is 0 Å². The summed E-state index contributed by atoms with van der Waals surface area (Å²) < 4.78 is 5.35. The Bertz CT molecular complexity index is 832. The molecule has 0 aliphatic carbocycles. The molecule has 4 nitrogen and oxygen atoms in total. The van der Waals surface area contributed by atoms with Crippen LogP contribution in [0.15, 0.2) is 42.5 Å². The number of esters is 1. The zero-order valence-electron chi connectivity index (χ0n) is 14.5. The van der Waals surface area contributed by atoms with Gasteiger partial charge < -0.3 is 9.64 Å². The van der Waals surface area contributed by atoms with Crippen molar-refractivity contribution in [3.63, 3.8) is 0 Å². The molecular formula is C20H19Cl2NO3. The molecule has 0 radical (unpaired) electrons. The molecule has 0 bridgehead atoms. The van der Waals surface area contributed by atoms with Crippen molar-refractivity contribution >= 4 is 40.8 Å². The number of rotatable bonds is 4. The molecule has 2 aromatic carbocycles. The number of fused-ring (bicyclic) bond motifs is 1.